The molecule has 0 spiro atoms. The van der Waals surface area contributed by atoms with E-state index in [-0.39, 0.29) is 50.2 Å². The Morgan fingerprint density at radius 3 is 1.83 bits per heavy atom. The first-order valence-corrected chi connectivity index (χ1v) is 18.9. The van der Waals surface area contributed by atoms with Crippen molar-refractivity contribution in [2.45, 2.75) is 89.4 Å². The van der Waals surface area contributed by atoms with Gasteiger partial charge in [0.15, 0.2) is 5.96 Å². The quantitative estimate of drug-likeness (QED) is 0.0442. The molecule has 0 fully saturated rings. The molecule has 15 nitrogen and oxygen atoms in total. The summed E-state index contributed by atoms with van der Waals surface area (Å²) in [5.41, 5.74) is 13.5. The molecule has 0 aromatic heterocycles. The van der Waals surface area contributed by atoms with Crippen LogP contribution in [0.1, 0.15) is 56.2 Å². The van der Waals surface area contributed by atoms with Crippen LogP contribution in [0.3, 0.4) is 0 Å². The number of hydrogen-bond donors (Lipinski definition) is 8. The molecule has 0 unspecified atom stereocenters. The Bertz CT molecular complexity index is 1760. The average Bonchev–Trinajstić information content (AvgIpc) is 3.18. The fourth-order valence-electron chi connectivity index (χ4n) is 5.51. The molecule has 0 radical (unpaired) electrons. The second-order valence-corrected chi connectivity index (χ2v) is 13.9. The molecule has 0 bridgehead atoms. The molecule has 0 heterocycles. The molecule has 0 saturated heterocycles. The van der Waals surface area contributed by atoms with Crippen LogP contribution >= 0.6 is 0 Å². The molecule has 322 valence electrons. The first-order chi connectivity index (χ1) is 27.9. The number of aliphatic carboxylic acids is 1. The number of nitrogens with zero attached hydrogens (tertiary/aromatic N) is 1. The molecule has 0 saturated carbocycles. The van der Waals surface area contributed by atoms with Gasteiger partial charge in [-0.15, -0.1) is 0 Å². The van der Waals surface area contributed by atoms with Crippen molar-refractivity contribution in [1.82, 2.24) is 21.3 Å². The second kappa shape index (κ2) is 26.0. The molecule has 3 aromatic carbocycles. The van der Waals surface area contributed by atoms with Crippen molar-refractivity contribution in [2.24, 2.45) is 22.4 Å². The average molecular weight is 830 g/mol. The number of benzene rings is 3. The van der Waals surface area contributed by atoms with Crippen molar-refractivity contribution >= 4 is 35.7 Å². The topological polar surface area (TPSA) is 248 Å². The predicted octanol–water partition coefficient (Wildman–Crippen LogP) is 3.34. The van der Waals surface area contributed by atoms with Crippen LogP contribution in [0.4, 0.5) is 18.0 Å². The van der Waals surface area contributed by atoms with Gasteiger partial charge < -0.3 is 47.7 Å². The molecule has 4 atom stereocenters. The third-order valence-electron chi connectivity index (χ3n) is 8.42. The van der Waals surface area contributed by atoms with Gasteiger partial charge in [-0.25, -0.2) is 9.59 Å². The summed E-state index contributed by atoms with van der Waals surface area (Å²) in [6.45, 7) is 4.52. The maximum absolute atomic E-state index is 13.9. The van der Waals surface area contributed by atoms with Gasteiger partial charge in [0, 0.05) is 19.5 Å². The molecule has 3 aromatic rings. The smallest absolute Gasteiger partial charge is 0.475 e. The lowest BCUT2D eigenvalue weighted by Gasteiger charge is -2.29. The van der Waals surface area contributed by atoms with Crippen molar-refractivity contribution < 1.29 is 52.1 Å². The largest absolute Gasteiger partial charge is 0.490 e. The van der Waals surface area contributed by atoms with Gasteiger partial charge in [-0.3, -0.25) is 19.4 Å². The number of carboxylic acids is 1. The summed E-state index contributed by atoms with van der Waals surface area (Å²) in [5, 5.41) is 29.5. The number of aliphatic hydroxyl groups is 1. The fraction of sp³-hybridized carbons (Fsp3) is 0.415. The monoisotopic (exact) mass is 829 g/mol. The van der Waals surface area contributed by atoms with Gasteiger partial charge in [-0.05, 0) is 48.3 Å². The number of alkyl halides is 3. The number of alkyl carbamates (subject to hydrolysis) is 1. The Morgan fingerprint density at radius 2 is 1.31 bits per heavy atom. The SMILES string of the molecule is CC(C)C[C@H](NC(=O)[C@H](Cc1ccccc1)NC(=O)[C@H](CCCN=C(N)N)NC(=O)OCc1ccccc1)[C@@H](O)CC(=O)NCCc1ccccc1.O=C(O)C(F)(F)F. The number of nitrogens with one attached hydrogen (secondary N) is 4. The molecule has 10 N–H and O–H groups in total. The van der Waals surface area contributed by atoms with Crippen molar-refractivity contribution in [3.05, 3.63) is 108 Å². The summed E-state index contributed by atoms with van der Waals surface area (Å²) in [5.74, 6) is -4.28. The van der Waals surface area contributed by atoms with E-state index in [0.717, 1.165) is 16.7 Å². The summed E-state index contributed by atoms with van der Waals surface area (Å²) in [4.78, 5) is 66.2. The van der Waals surface area contributed by atoms with E-state index in [9.17, 15) is 37.5 Å². The van der Waals surface area contributed by atoms with Gasteiger partial charge in [0.1, 0.15) is 18.7 Å². The lowest BCUT2D eigenvalue weighted by molar-refractivity contribution is -0.192. The number of hydrogen-bond acceptors (Lipinski definition) is 8. The Hall–Kier alpha value is -6.17. The second-order valence-electron chi connectivity index (χ2n) is 13.9. The molecule has 0 aliphatic rings. The van der Waals surface area contributed by atoms with E-state index in [2.05, 4.69) is 26.3 Å². The predicted molar refractivity (Wildman–Crippen MR) is 214 cm³/mol. The Morgan fingerprint density at radius 1 is 0.780 bits per heavy atom. The van der Waals surface area contributed by atoms with Crippen LogP contribution in [0.2, 0.25) is 0 Å². The molecule has 4 amide bonds. The Balaban J connectivity index is 0.00000157. The number of rotatable bonds is 21. The van der Waals surface area contributed by atoms with Crippen molar-refractivity contribution in [2.75, 3.05) is 13.1 Å². The molecule has 3 rings (SSSR count). The lowest BCUT2D eigenvalue weighted by Crippen LogP contribution is -2.57. The number of amides is 4. The number of nitrogens with two attached hydrogens (primary N) is 2. The summed E-state index contributed by atoms with van der Waals surface area (Å²) >= 11 is 0. The van der Waals surface area contributed by atoms with Gasteiger partial charge in [0.2, 0.25) is 17.7 Å². The number of carboxylic acid groups (broad SMARTS) is 1. The number of guanidine groups is 1. The number of carbonyl (C=O) groups excluding carboxylic acids is 4. The van der Waals surface area contributed by atoms with E-state index in [1.54, 1.807) is 12.1 Å². The Labute approximate surface area is 341 Å². The van der Waals surface area contributed by atoms with Gasteiger partial charge in [0.05, 0.1) is 18.6 Å². The highest BCUT2D eigenvalue weighted by molar-refractivity contribution is 5.91. The molecule has 0 aliphatic heterocycles. The van der Waals surface area contributed by atoms with Crippen LogP contribution in [0.15, 0.2) is 96.0 Å². The minimum Gasteiger partial charge on any atom is -0.475 e. The molecular formula is C41H54F3N7O8. The highest BCUT2D eigenvalue weighted by Gasteiger charge is 2.38. The molecular weight excluding hydrogens is 775 g/mol. The van der Waals surface area contributed by atoms with Crippen molar-refractivity contribution in [3.63, 3.8) is 0 Å². The Kier molecular flexibility index (Phi) is 21.5. The van der Waals surface area contributed by atoms with E-state index >= 15 is 0 Å². The molecule has 59 heavy (non-hydrogen) atoms. The molecule has 18 heteroatoms. The minimum absolute atomic E-state index is 0.00132. The maximum atomic E-state index is 13.9. The van der Waals surface area contributed by atoms with Gasteiger partial charge in [-0.1, -0.05) is 105 Å². The van der Waals surface area contributed by atoms with E-state index < -0.39 is 54.3 Å². The maximum Gasteiger partial charge on any atom is 0.490 e. The zero-order valence-corrected chi connectivity index (χ0v) is 33.0. The number of aliphatic imine (C=N–C) groups is 1. The first-order valence-electron chi connectivity index (χ1n) is 18.9. The molecule has 0 aliphatic carbocycles. The van der Waals surface area contributed by atoms with Crippen LogP contribution in [0.5, 0.6) is 0 Å². The van der Waals surface area contributed by atoms with Crippen LogP contribution in [-0.2, 0) is 43.4 Å². The third-order valence-corrected chi connectivity index (χ3v) is 8.42. The van der Waals surface area contributed by atoms with Gasteiger partial charge in [0.25, 0.3) is 0 Å². The van der Waals surface area contributed by atoms with Crippen LogP contribution in [0, 0.1) is 5.92 Å². The standard InChI is InChI=1S/C39H53N7O6.C2HF3O2/c1-27(2)23-32(34(47)25-35(48)42-22-20-28-13-6-3-7-14-28)44-37(50)33(24-29-15-8-4-9-16-29)45-36(49)31(19-12-21-43-38(40)41)46-39(51)52-26-30-17-10-5-11-18-30;3-2(4,5)1(6)7/h3-11,13-18,27,31-34,47H,12,19-26H2,1-2H3,(H,42,48)(H,44,50)(H,45,49)(H,46,51)(H4,40,41,43);(H,6,7)/t31-,32-,33-,34-;/m0./s1. The van der Waals surface area contributed by atoms with Gasteiger partial charge >= 0.3 is 18.2 Å². The lowest BCUT2D eigenvalue weighted by atomic mass is 9.96. The fourth-order valence-corrected chi connectivity index (χ4v) is 5.51. The van der Waals surface area contributed by atoms with E-state index in [1.165, 1.54) is 0 Å². The number of aliphatic hydroxyl groups excluding tert-OH is 1. The zero-order valence-electron chi connectivity index (χ0n) is 33.0. The first kappa shape index (κ1) is 49.0. The summed E-state index contributed by atoms with van der Waals surface area (Å²) in [7, 11) is 0. The summed E-state index contributed by atoms with van der Waals surface area (Å²) < 4.78 is 37.1. The van der Waals surface area contributed by atoms with E-state index in [1.807, 2.05) is 92.7 Å². The highest BCUT2D eigenvalue weighted by atomic mass is 19.4. The number of carbonyl (C=O) groups is 5. The van der Waals surface area contributed by atoms with Crippen LogP contribution in [-0.4, -0.2) is 89.5 Å². The van der Waals surface area contributed by atoms with E-state index in [4.69, 9.17) is 26.1 Å². The van der Waals surface area contributed by atoms with Gasteiger partial charge in [-0.2, -0.15) is 13.2 Å². The van der Waals surface area contributed by atoms with Crippen molar-refractivity contribution in [1.29, 1.82) is 0 Å². The summed E-state index contributed by atoms with van der Waals surface area (Å²) in [6.07, 6.45) is -5.63. The normalized spacial score (nSPS) is 12.9. The highest BCUT2D eigenvalue weighted by Crippen LogP contribution is 2.14. The zero-order chi connectivity index (χ0) is 43.8. The number of halogens is 3. The van der Waals surface area contributed by atoms with Crippen LogP contribution in [0.25, 0.3) is 0 Å². The van der Waals surface area contributed by atoms with Crippen molar-refractivity contribution in [3.8, 4) is 0 Å². The number of ether oxygens (including phenoxy) is 1. The van der Waals surface area contributed by atoms with E-state index in [0.29, 0.717) is 25.8 Å². The van der Waals surface area contributed by atoms with Crippen LogP contribution < -0.4 is 32.7 Å². The summed E-state index contributed by atoms with van der Waals surface area (Å²) in [6, 6.07) is 25.1. The minimum atomic E-state index is -5.08. The third kappa shape index (κ3) is 21.2.